The maximum Gasteiger partial charge on any atom is 0.107 e. The molecule has 0 aliphatic rings. The fourth-order valence-electron chi connectivity index (χ4n) is 1.26. The van der Waals surface area contributed by atoms with Crippen molar-refractivity contribution in [3.8, 4) is 0 Å². The molecule has 0 bridgehead atoms. The van der Waals surface area contributed by atoms with Gasteiger partial charge in [-0.3, -0.25) is 4.98 Å². The van der Waals surface area contributed by atoms with E-state index in [1.165, 1.54) is 4.88 Å². The van der Waals surface area contributed by atoms with Crippen molar-refractivity contribution in [2.45, 2.75) is 26.4 Å². The minimum atomic E-state index is 0.349. The Hall–Kier alpha value is -0.780. The molecule has 5 heteroatoms. The molecule has 0 aliphatic carbocycles. The van der Waals surface area contributed by atoms with Gasteiger partial charge in [0.1, 0.15) is 5.01 Å². The van der Waals surface area contributed by atoms with Gasteiger partial charge in [0.15, 0.2) is 0 Å². The minimum absolute atomic E-state index is 0.349. The van der Waals surface area contributed by atoms with Gasteiger partial charge in [-0.05, 0) is 13.8 Å². The molecule has 1 atom stereocenters. The Balaban J connectivity index is 1.88. The molecule has 0 aliphatic heterocycles. The summed E-state index contributed by atoms with van der Waals surface area (Å²) in [6.07, 6.45) is 1.91. The number of nitrogens with one attached hydrogen (secondary N) is 1. The Labute approximate surface area is 97.2 Å². The van der Waals surface area contributed by atoms with E-state index in [4.69, 9.17) is 0 Å². The van der Waals surface area contributed by atoms with Crippen LogP contribution in [0.2, 0.25) is 0 Å². The Morgan fingerprint density at radius 1 is 1.47 bits per heavy atom. The summed E-state index contributed by atoms with van der Waals surface area (Å²) in [7, 11) is 0. The first kappa shape index (κ1) is 10.7. The van der Waals surface area contributed by atoms with E-state index in [1.54, 1.807) is 22.7 Å². The minimum Gasteiger partial charge on any atom is -0.303 e. The van der Waals surface area contributed by atoms with Crippen LogP contribution in [0, 0.1) is 6.92 Å². The van der Waals surface area contributed by atoms with Crippen LogP contribution in [0.1, 0.15) is 28.5 Å². The molecule has 2 aromatic rings. The molecule has 0 saturated heterocycles. The number of hydrogen-bond donors (Lipinski definition) is 1. The van der Waals surface area contributed by atoms with Gasteiger partial charge in [-0.25, -0.2) is 4.98 Å². The van der Waals surface area contributed by atoms with Crippen LogP contribution >= 0.6 is 22.7 Å². The molecule has 0 fully saturated rings. The van der Waals surface area contributed by atoms with Gasteiger partial charge in [0.05, 0.1) is 5.51 Å². The van der Waals surface area contributed by atoms with Crippen molar-refractivity contribution < 1.29 is 0 Å². The Bertz CT molecular complexity index is 408. The van der Waals surface area contributed by atoms with Crippen molar-refractivity contribution in [3.05, 3.63) is 32.7 Å². The van der Waals surface area contributed by atoms with Gasteiger partial charge < -0.3 is 5.32 Å². The van der Waals surface area contributed by atoms with Gasteiger partial charge in [0, 0.05) is 34.7 Å². The predicted molar refractivity (Wildman–Crippen MR) is 64.2 cm³/mol. The first-order valence-corrected chi connectivity index (χ1v) is 6.54. The lowest BCUT2D eigenvalue weighted by Gasteiger charge is -2.09. The molecule has 2 rings (SSSR count). The fourth-order valence-corrected chi connectivity index (χ4v) is 2.64. The van der Waals surface area contributed by atoms with E-state index in [9.17, 15) is 0 Å². The van der Waals surface area contributed by atoms with Crippen LogP contribution in [0.4, 0.5) is 0 Å². The van der Waals surface area contributed by atoms with Crippen LogP contribution in [0.15, 0.2) is 17.1 Å². The second-order valence-corrected chi connectivity index (χ2v) is 5.25. The van der Waals surface area contributed by atoms with E-state index in [1.807, 2.05) is 18.6 Å². The van der Waals surface area contributed by atoms with Crippen LogP contribution in [0.5, 0.6) is 0 Å². The maximum atomic E-state index is 4.41. The molecule has 0 saturated carbocycles. The molecule has 0 amide bonds. The topological polar surface area (TPSA) is 37.8 Å². The second-order valence-electron chi connectivity index (χ2n) is 3.39. The third kappa shape index (κ3) is 2.84. The van der Waals surface area contributed by atoms with E-state index >= 15 is 0 Å². The number of nitrogens with zero attached hydrogens (tertiary/aromatic N) is 2. The highest BCUT2D eigenvalue weighted by atomic mass is 32.1. The first-order valence-electron chi connectivity index (χ1n) is 4.78. The molecule has 0 spiro atoms. The van der Waals surface area contributed by atoms with Gasteiger partial charge in [-0.2, -0.15) is 0 Å². The predicted octanol–water partition coefficient (Wildman–Crippen LogP) is 2.76. The highest BCUT2D eigenvalue weighted by Crippen LogP contribution is 2.17. The monoisotopic (exact) mass is 239 g/mol. The lowest BCUT2D eigenvalue weighted by molar-refractivity contribution is 0.580. The standard InChI is InChI=1S/C10H13N3S2/c1-7-5-14-10(13-7)4-12-8(2)9-3-11-6-15-9/h3,5-6,8,12H,4H2,1-2H3. The quantitative estimate of drug-likeness (QED) is 0.891. The summed E-state index contributed by atoms with van der Waals surface area (Å²) in [5.74, 6) is 0. The van der Waals surface area contributed by atoms with E-state index in [2.05, 4.69) is 27.6 Å². The number of hydrogen-bond acceptors (Lipinski definition) is 5. The molecule has 2 aromatic heterocycles. The molecular formula is C10H13N3S2. The Morgan fingerprint density at radius 3 is 2.93 bits per heavy atom. The molecule has 15 heavy (non-hydrogen) atoms. The molecular weight excluding hydrogens is 226 g/mol. The van der Waals surface area contributed by atoms with Gasteiger partial charge in [-0.15, -0.1) is 22.7 Å². The first-order chi connectivity index (χ1) is 7.25. The Morgan fingerprint density at radius 2 is 2.33 bits per heavy atom. The zero-order chi connectivity index (χ0) is 10.7. The van der Waals surface area contributed by atoms with Gasteiger partial charge in [0.2, 0.25) is 0 Å². The van der Waals surface area contributed by atoms with E-state index in [-0.39, 0.29) is 0 Å². The number of rotatable bonds is 4. The number of thiazole rings is 2. The normalized spacial score (nSPS) is 12.9. The summed E-state index contributed by atoms with van der Waals surface area (Å²) in [4.78, 5) is 9.74. The van der Waals surface area contributed by atoms with Crippen LogP contribution in [0.3, 0.4) is 0 Å². The molecule has 3 nitrogen and oxygen atoms in total. The lowest BCUT2D eigenvalue weighted by atomic mass is 10.3. The van der Waals surface area contributed by atoms with Crippen LogP contribution in [-0.4, -0.2) is 9.97 Å². The summed E-state index contributed by atoms with van der Waals surface area (Å²) >= 11 is 3.38. The fraction of sp³-hybridized carbons (Fsp3) is 0.400. The highest BCUT2D eigenvalue weighted by Gasteiger charge is 2.07. The molecule has 2 heterocycles. The number of aryl methyl sites for hydroxylation is 1. The zero-order valence-corrected chi connectivity index (χ0v) is 10.4. The zero-order valence-electron chi connectivity index (χ0n) is 8.73. The number of aromatic nitrogens is 2. The maximum absolute atomic E-state index is 4.41. The van der Waals surface area contributed by atoms with Gasteiger partial charge in [-0.1, -0.05) is 0 Å². The van der Waals surface area contributed by atoms with Crippen molar-refractivity contribution in [1.29, 1.82) is 0 Å². The smallest absolute Gasteiger partial charge is 0.107 e. The third-order valence-electron chi connectivity index (χ3n) is 2.10. The Kier molecular flexibility index (Phi) is 3.45. The molecule has 1 N–H and O–H groups in total. The summed E-state index contributed by atoms with van der Waals surface area (Å²) in [5, 5.41) is 6.65. The van der Waals surface area contributed by atoms with Crippen molar-refractivity contribution in [1.82, 2.24) is 15.3 Å². The van der Waals surface area contributed by atoms with Crippen molar-refractivity contribution in [2.24, 2.45) is 0 Å². The molecule has 0 radical (unpaired) electrons. The third-order valence-corrected chi connectivity index (χ3v) is 4.03. The summed E-state index contributed by atoms with van der Waals surface area (Å²) in [6.45, 7) is 5.00. The largest absolute Gasteiger partial charge is 0.303 e. The van der Waals surface area contributed by atoms with Crippen molar-refractivity contribution in [3.63, 3.8) is 0 Å². The van der Waals surface area contributed by atoms with Crippen LogP contribution in [0.25, 0.3) is 0 Å². The molecule has 1 unspecified atom stereocenters. The summed E-state index contributed by atoms with van der Waals surface area (Å²) < 4.78 is 0. The lowest BCUT2D eigenvalue weighted by Crippen LogP contribution is -2.16. The van der Waals surface area contributed by atoms with Gasteiger partial charge in [0.25, 0.3) is 0 Å². The van der Waals surface area contributed by atoms with E-state index in [0.29, 0.717) is 6.04 Å². The molecule has 80 valence electrons. The van der Waals surface area contributed by atoms with Crippen LogP contribution in [-0.2, 0) is 6.54 Å². The van der Waals surface area contributed by atoms with Crippen LogP contribution < -0.4 is 5.32 Å². The highest BCUT2D eigenvalue weighted by molar-refractivity contribution is 7.10. The SMILES string of the molecule is Cc1csc(CNC(C)c2cncs2)n1. The van der Waals surface area contributed by atoms with Crippen molar-refractivity contribution in [2.75, 3.05) is 0 Å². The molecule has 0 aromatic carbocycles. The summed E-state index contributed by atoms with van der Waals surface area (Å²) in [6, 6.07) is 0.349. The average molecular weight is 239 g/mol. The second kappa shape index (κ2) is 4.83. The van der Waals surface area contributed by atoms with E-state index in [0.717, 1.165) is 17.2 Å². The van der Waals surface area contributed by atoms with Crippen molar-refractivity contribution >= 4 is 22.7 Å². The van der Waals surface area contributed by atoms with E-state index < -0.39 is 0 Å². The summed E-state index contributed by atoms with van der Waals surface area (Å²) in [5.41, 5.74) is 2.96. The van der Waals surface area contributed by atoms with Gasteiger partial charge >= 0.3 is 0 Å². The average Bonchev–Trinajstić information content (AvgIpc) is 2.84.